The lowest BCUT2D eigenvalue weighted by atomic mass is 9.81. The number of thiocarbonyl (C=S) groups is 1. The summed E-state index contributed by atoms with van der Waals surface area (Å²) in [7, 11) is 0. The van der Waals surface area contributed by atoms with Gasteiger partial charge in [-0.2, -0.15) is 0 Å². The van der Waals surface area contributed by atoms with E-state index in [1.807, 2.05) is 27.0 Å². The molecule has 0 radical (unpaired) electrons. The highest BCUT2D eigenvalue weighted by molar-refractivity contribution is 7.80. The minimum absolute atomic E-state index is 0.101. The van der Waals surface area contributed by atoms with Crippen molar-refractivity contribution in [2.45, 2.75) is 53.0 Å². The van der Waals surface area contributed by atoms with Gasteiger partial charge in [0.05, 0.1) is 16.4 Å². The first-order valence-corrected chi connectivity index (χ1v) is 8.19. The molecule has 0 fully saturated rings. The maximum Gasteiger partial charge on any atom is 0.233 e. The molecule has 0 saturated carbocycles. The summed E-state index contributed by atoms with van der Waals surface area (Å²) in [6, 6.07) is -0.125. The highest BCUT2D eigenvalue weighted by atomic mass is 32.1. The standard InChI is InChI=1S/C14H23N3OS2/c1-5-10-8-16-11(20-10)9(4)17-13(18)14(6-2,7-3)12(15)19/h8-9H,5-7H2,1-4H3,(H2,15,19)(H,17,18). The Kier molecular flexibility index (Phi) is 6.07. The van der Waals surface area contributed by atoms with Crippen LogP contribution >= 0.6 is 23.6 Å². The number of nitrogens with one attached hydrogen (secondary N) is 1. The second-order valence-corrected chi connectivity index (χ2v) is 6.45. The summed E-state index contributed by atoms with van der Waals surface area (Å²) in [6.07, 6.45) is 4.03. The van der Waals surface area contributed by atoms with E-state index < -0.39 is 5.41 Å². The molecule has 20 heavy (non-hydrogen) atoms. The number of hydrogen-bond acceptors (Lipinski definition) is 4. The molecule has 0 spiro atoms. The zero-order chi connectivity index (χ0) is 15.3. The molecule has 1 heterocycles. The Morgan fingerprint density at radius 3 is 2.50 bits per heavy atom. The van der Waals surface area contributed by atoms with E-state index in [1.54, 1.807) is 11.3 Å². The zero-order valence-electron chi connectivity index (χ0n) is 12.5. The van der Waals surface area contributed by atoms with Crippen LogP contribution in [0.4, 0.5) is 0 Å². The van der Waals surface area contributed by atoms with Crippen molar-refractivity contribution in [2.75, 3.05) is 0 Å². The number of thiazole rings is 1. The average Bonchev–Trinajstić information content (AvgIpc) is 2.89. The van der Waals surface area contributed by atoms with Crippen LogP contribution < -0.4 is 11.1 Å². The summed E-state index contributed by atoms with van der Waals surface area (Å²) in [5, 5.41) is 3.92. The van der Waals surface area contributed by atoms with Crippen molar-refractivity contribution < 1.29 is 4.79 Å². The third-order valence-electron chi connectivity index (χ3n) is 3.75. The number of carbonyl (C=O) groups excluding carboxylic acids is 1. The highest BCUT2D eigenvalue weighted by Crippen LogP contribution is 2.29. The van der Waals surface area contributed by atoms with E-state index in [9.17, 15) is 4.79 Å². The lowest BCUT2D eigenvalue weighted by Gasteiger charge is -2.30. The van der Waals surface area contributed by atoms with Crippen LogP contribution in [-0.4, -0.2) is 15.9 Å². The molecule has 1 amide bonds. The molecule has 1 atom stereocenters. The van der Waals surface area contributed by atoms with Crippen LogP contribution in [0.3, 0.4) is 0 Å². The number of amides is 1. The first kappa shape index (κ1) is 17.0. The second kappa shape index (κ2) is 7.13. The summed E-state index contributed by atoms with van der Waals surface area (Å²) in [4.78, 5) is 18.4. The normalized spacial score (nSPS) is 13.0. The van der Waals surface area contributed by atoms with E-state index in [-0.39, 0.29) is 16.9 Å². The van der Waals surface area contributed by atoms with Crippen LogP contribution in [0.2, 0.25) is 0 Å². The van der Waals surface area contributed by atoms with Crippen LogP contribution in [0.1, 0.15) is 56.5 Å². The molecule has 0 bridgehead atoms. The summed E-state index contributed by atoms with van der Waals surface area (Å²) >= 11 is 6.73. The Balaban J connectivity index is 2.85. The van der Waals surface area contributed by atoms with Gasteiger partial charge in [-0.1, -0.05) is 33.0 Å². The Bertz CT molecular complexity index is 481. The monoisotopic (exact) mass is 313 g/mol. The van der Waals surface area contributed by atoms with Crippen molar-refractivity contribution in [1.29, 1.82) is 0 Å². The largest absolute Gasteiger partial charge is 0.392 e. The highest BCUT2D eigenvalue weighted by Gasteiger charge is 2.38. The molecule has 1 rings (SSSR count). The van der Waals surface area contributed by atoms with Crippen molar-refractivity contribution in [1.82, 2.24) is 10.3 Å². The van der Waals surface area contributed by atoms with Gasteiger partial charge in [-0.3, -0.25) is 4.79 Å². The van der Waals surface area contributed by atoms with Crippen LogP contribution in [-0.2, 0) is 11.2 Å². The van der Waals surface area contributed by atoms with Gasteiger partial charge in [0.1, 0.15) is 5.01 Å². The zero-order valence-corrected chi connectivity index (χ0v) is 14.2. The van der Waals surface area contributed by atoms with E-state index in [0.29, 0.717) is 12.8 Å². The van der Waals surface area contributed by atoms with Crippen LogP contribution in [0.5, 0.6) is 0 Å². The SMILES string of the molecule is CCc1cnc(C(C)NC(=O)C(CC)(CC)C(N)=S)s1. The van der Waals surface area contributed by atoms with Gasteiger partial charge in [-0.05, 0) is 26.2 Å². The fourth-order valence-corrected chi connectivity index (χ4v) is 3.36. The predicted molar refractivity (Wildman–Crippen MR) is 87.9 cm³/mol. The molecule has 112 valence electrons. The van der Waals surface area contributed by atoms with Gasteiger partial charge in [-0.25, -0.2) is 4.98 Å². The van der Waals surface area contributed by atoms with Gasteiger partial charge in [0, 0.05) is 11.1 Å². The van der Waals surface area contributed by atoms with E-state index in [4.69, 9.17) is 18.0 Å². The molecule has 0 aliphatic rings. The molecule has 0 aliphatic heterocycles. The molecule has 1 aromatic heterocycles. The van der Waals surface area contributed by atoms with Gasteiger partial charge in [0.15, 0.2) is 0 Å². The van der Waals surface area contributed by atoms with Gasteiger partial charge < -0.3 is 11.1 Å². The molecule has 6 heteroatoms. The number of aromatic nitrogens is 1. The molecule has 3 N–H and O–H groups in total. The van der Waals surface area contributed by atoms with Crippen molar-refractivity contribution in [3.63, 3.8) is 0 Å². The third kappa shape index (κ3) is 3.35. The lowest BCUT2D eigenvalue weighted by molar-refractivity contribution is -0.128. The van der Waals surface area contributed by atoms with Crippen LogP contribution in [0.25, 0.3) is 0 Å². The van der Waals surface area contributed by atoms with E-state index >= 15 is 0 Å². The number of aryl methyl sites for hydroxylation is 1. The molecule has 4 nitrogen and oxygen atoms in total. The molecule has 0 saturated heterocycles. The minimum atomic E-state index is -0.756. The topological polar surface area (TPSA) is 68.0 Å². The summed E-state index contributed by atoms with van der Waals surface area (Å²) in [5.74, 6) is -0.101. The summed E-state index contributed by atoms with van der Waals surface area (Å²) < 4.78 is 0. The van der Waals surface area contributed by atoms with Crippen LogP contribution in [0.15, 0.2) is 6.20 Å². The minimum Gasteiger partial charge on any atom is -0.392 e. The van der Waals surface area contributed by atoms with Gasteiger partial charge >= 0.3 is 0 Å². The lowest BCUT2D eigenvalue weighted by Crippen LogP contribution is -2.48. The fraction of sp³-hybridized carbons (Fsp3) is 0.643. The Morgan fingerprint density at radius 2 is 2.10 bits per heavy atom. The average molecular weight is 313 g/mol. The third-order valence-corrected chi connectivity index (χ3v) is 5.47. The molecule has 1 aromatic rings. The molecule has 1 unspecified atom stereocenters. The van der Waals surface area contributed by atoms with Crippen molar-refractivity contribution >= 4 is 34.5 Å². The maximum absolute atomic E-state index is 12.5. The summed E-state index contributed by atoms with van der Waals surface area (Å²) in [5.41, 5.74) is 5.04. The molecule has 0 aliphatic carbocycles. The number of carbonyl (C=O) groups is 1. The Labute approximate surface area is 130 Å². The Hall–Kier alpha value is -1.01. The summed E-state index contributed by atoms with van der Waals surface area (Å²) in [6.45, 7) is 7.90. The predicted octanol–water partition coefficient (Wildman–Crippen LogP) is 2.98. The van der Waals surface area contributed by atoms with Crippen molar-refractivity contribution in [3.8, 4) is 0 Å². The number of nitrogens with zero attached hydrogens (tertiary/aromatic N) is 1. The molecular weight excluding hydrogens is 290 g/mol. The second-order valence-electron chi connectivity index (χ2n) is 4.87. The van der Waals surface area contributed by atoms with Crippen molar-refractivity contribution in [2.24, 2.45) is 11.1 Å². The first-order valence-electron chi connectivity index (χ1n) is 6.96. The number of nitrogens with two attached hydrogens (primary N) is 1. The van der Waals surface area contributed by atoms with Crippen molar-refractivity contribution in [3.05, 3.63) is 16.1 Å². The van der Waals surface area contributed by atoms with E-state index in [0.717, 1.165) is 11.4 Å². The van der Waals surface area contributed by atoms with Gasteiger partial charge in [0.25, 0.3) is 0 Å². The van der Waals surface area contributed by atoms with Gasteiger partial charge in [0.2, 0.25) is 5.91 Å². The Morgan fingerprint density at radius 1 is 1.50 bits per heavy atom. The van der Waals surface area contributed by atoms with E-state index in [1.165, 1.54) is 4.88 Å². The maximum atomic E-state index is 12.5. The molecular formula is C14H23N3OS2. The first-order chi connectivity index (χ1) is 9.41. The quantitative estimate of drug-likeness (QED) is 0.759. The van der Waals surface area contributed by atoms with E-state index in [2.05, 4.69) is 17.2 Å². The number of rotatable bonds is 7. The van der Waals surface area contributed by atoms with Gasteiger partial charge in [-0.15, -0.1) is 11.3 Å². The number of hydrogen-bond donors (Lipinski definition) is 2. The fourth-order valence-electron chi connectivity index (χ4n) is 2.11. The molecule has 0 aromatic carbocycles. The smallest absolute Gasteiger partial charge is 0.233 e. The van der Waals surface area contributed by atoms with Crippen LogP contribution in [0, 0.1) is 5.41 Å².